The summed E-state index contributed by atoms with van der Waals surface area (Å²) in [6.07, 6.45) is 1.03. The maximum absolute atomic E-state index is 14.3. The van der Waals surface area contributed by atoms with Gasteiger partial charge in [0.25, 0.3) is 5.91 Å². The number of rotatable bonds is 8. The van der Waals surface area contributed by atoms with E-state index in [-0.39, 0.29) is 25.0 Å². The highest BCUT2D eigenvalue weighted by molar-refractivity contribution is 5.95. The molecular weight excluding hydrogens is 530 g/mol. The number of nitrogens with zero attached hydrogens (tertiary/aromatic N) is 2. The summed E-state index contributed by atoms with van der Waals surface area (Å²) < 4.78 is 5.86. The van der Waals surface area contributed by atoms with Gasteiger partial charge in [-0.15, -0.1) is 0 Å². The molecule has 1 aliphatic carbocycles. The number of hydrogen-bond donors (Lipinski definition) is 2. The molecule has 0 bridgehead atoms. The highest BCUT2D eigenvalue weighted by Crippen LogP contribution is 2.44. The first kappa shape index (κ1) is 28.0. The number of amides is 2. The van der Waals surface area contributed by atoms with Crippen molar-refractivity contribution in [3.63, 3.8) is 0 Å². The molecule has 3 aromatic rings. The molecule has 2 heterocycles. The zero-order valence-corrected chi connectivity index (χ0v) is 23.9. The fourth-order valence-electron chi connectivity index (χ4n) is 7.20. The summed E-state index contributed by atoms with van der Waals surface area (Å²) in [5.41, 5.74) is 3.06. The fourth-order valence-corrected chi connectivity index (χ4v) is 7.20. The summed E-state index contributed by atoms with van der Waals surface area (Å²) in [5, 5.41) is 13.2. The monoisotopic (exact) mass is 567 g/mol. The van der Waals surface area contributed by atoms with E-state index in [0.717, 1.165) is 27.8 Å². The van der Waals surface area contributed by atoms with E-state index < -0.39 is 23.1 Å². The average molecular weight is 568 g/mol. The summed E-state index contributed by atoms with van der Waals surface area (Å²) in [6.45, 7) is 3.79. The Kier molecular flexibility index (Phi) is 7.49. The number of carbonyl (C=O) groups excluding carboxylic acids is 2. The largest absolute Gasteiger partial charge is 0.479 e. The zero-order valence-electron chi connectivity index (χ0n) is 23.9. The minimum Gasteiger partial charge on any atom is -0.479 e. The van der Waals surface area contributed by atoms with Crippen molar-refractivity contribution in [2.24, 2.45) is 0 Å². The molecule has 218 valence electrons. The van der Waals surface area contributed by atoms with Gasteiger partial charge >= 0.3 is 12.1 Å². The first-order valence-electron chi connectivity index (χ1n) is 14.8. The van der Waals surface area contributed by atoms with Crippen LogP contribution in [0.3, 0.4) is 0 Å². The minimum absolute atomic E-state index is 0.105. The zero-order chi connectivity index (χ0) is 29.3. The Morgan fingerprint density at radius 2 is 1.55 bits per heavy atom. The van der Waals surface area contributed by atoms with Gasteiger partial charge in [-0.3, -0.25) is 9.69 Å². The standard InChI is InChI=1S/C34H37N3O5/c1-2-34(31(39)40)17-10-19-37(34)30(38)33(18-20-36(23-33)21-24-11-4-3-5-12-24)35-32(41)42-22-29-27-15-8-6-13-25(27)26-14-7-9-16-28(26)29/h3-9,11-16,29H,2,10,17-23H2,1H3,(H,35,41)(H,39,40). The Morgan fingerprint density at radius 1 is 0.905 bits per heavy atom. The average Bonchev–Trinajstić information content (AvgIpc) is 3.71. The molecule has 2 N–H and O–H groups in total. The lowest BCUT2D eigenvalue weighted by molar-refractivity contribution is -0.159. The van der Waals surface area contributed by atoms with Gasteiger partial charge in [0.1, 0.15) is 17.7 Å². The molecule has 3 aromatic carbocycles. The molecule has 0 saturated carbocycles. The van der Waals surface area contributed by atoms with Crippen LogP contribution in [0.25, 0.3) is 11.1 Å². The topological polar surface area (TPSA) is 99.2 Å². The quantitative estimate of drug-likeness (QED) is 0.396. The first-order valence-corrected chi connectivity index (χ1v) is 14.8. The van der Waals surface area contributed by atoms with Crippen LogP contribution in [0, 0.1) is 0 Å². The summed E-state index contributed by atoms with van der Waals surface area (Å²) in [4.78, 5) is 43.9. The predicted molar refractivity (Wildman–Crippen MR) is 159 cm³/mol. The number of fused-ring (bicyclic) bond motifs is 3. The number of likely N-dealkylation sites (tertiary alicyclic amines) is 2. The number of benzene rings is 3. The van der Waals surface area contributed by atoms with Crippen LogP contribution < -0.4 is 5.32 Å². The molecule has 6 rings (SSSR count). The normalized spacial score (nSPS) is 23.4. The number of nitrogens with one attached hydrogen (secondary N) is 1. The van der Waals surface area contributed by atoms with E-state index in [1.54, 1.807) is 0 Å². The summed E-state index contributed by atoms with van der Waals surface area (Å²) in [6, 6.07) is 26.3. The Bertz CT molecular complexity index is 1450. The number of carboxylic acid groups (broad SMARTS) is 1. The van der Waals surface area contributed by atoms with E-state index in [9.17, 15) is 19.5 Å². The second-order valence-electron chi connectivity index (χ2n) is 11.7. The molecule has 0 aromatic heterocycles. The third-order valence-electron chi connectivity index (χ3n) is 9.41. The summed E-state index contributed by atoms with van der Waals surface area (Å²) in [7, 11) is 0. The number of carbonyl (C=O) groups is 3. The van der Waals surface area contributed by atoms with E-state index in [0.29, 0.717) is 45.3 Å². The van der Waals surface area contributed by atoms with Crippen LogP contribution in [0.1, 0.15) is 55.2 Å². The Balaban J connectivity index is 1.23. The van der Waals surface area contributed by atoms with Crippen molar-refractivity contribution < 1.29 is 24.2 Å². The Morgan fingerprint density at radius 3 is 2.19 bits per heavy atom. The van der Waals surface area contributed by atoms with Gasteiger partial charge in [-0.2, -0.15) is 0 Å². The van der Waals surface area contributed by atoms with Crippen molar-refractivity contribution in [1.29, 1.82) is 0 Å². The number of aliphatic carboxylic acids is 1. The summed E-state index contributed by atoms with van der Waals surface area (Å²) in [5.74, 6) is -1.44. The third-order valence-corrected chi connectivity index (χ3v) is 9.41. The van der Waals surface area contributed by atoms with Gasteiger partial charge < -0.3 is 20.1 Å². The van der Waals surface area contributed by atoms with E-state index in [2.05, 4.69) is 34.5 Å². The molecule has 2 saturated heterocycles. The molecule has 3 aliphatic rings. The predicted octanol–water partition coefficient (Wildman–Crippen LogP) is 5.03. The van der Waals surface area contributed by atoms with Crippen molar-refractivity contribution in [2.75, 3.05) is 26.2 Å². The molecule has 8 heteroatoms. The van der Waals surface area contributed by atoms with Crippen LogP contribution in [-0.2, 0) is 20.9 Å². The van der Waals surface area contributed by atoms with Gasteiger partial charge in [0.15, 0.2) is 0 Å². The molecule has 2 aliphatic heterocycles. The van der Waals surface area contributed by atoms with Crippen LogP contribution in [0.4, 0.5) is 4.79 Å². The van der Waals surface area contributed by atoms with E-state index in [4.69, 9.17) is 4.74 Å². The molecule has 2 fully saturated rings. The lowest BCUT2D eigenvalue weighted by Gasteiger charge is -2.40. The number of ether oxygens (including phenoxy) is 1. The van der Waals surface area contributed by atoms with Gasteiger partial charge in [0.2, 0.25) is 0 Å². The van der Waals surface area contributed by atoms with Gasteiger partial charge in [0.05, 0.1) is 0 Å². The van der Waals surface area contributed by atoms with Gasteiger partial charge in [-0.1, -0.05) is 85.8 Å². The van der Waals surface area contributed by atoms with Crippen LogP contribution in [-0.4, -0.2) is 70.2 Å². The number of hydrogen-bond acceptors (Lipinski definition) is 5. The molecule has 0 spiro atoms. The van der Waals surface area contributed by atoms with Crippen molar-refractivity contribution in [3.05, 3.63) is 95.6 Å². The first-order chi connectivity index (χ1) is 20.4. The van der Waals surface area contributed by atoms with Crippen LogP contribution in [0.15, 0.2) is 78.9 Å². The minimum atomic E-state index is -1.28. The van der Waals surface area contributed by atoms with Crippen LogP contribution >= 0.6 is 0 Å². The molecule has 2 amide bonds. The number of carboxylic acids is 1. The molecule has 2 atom stereocenters. The lowest BCUT2D eigenvalue weighted by atomic mass is 9.89. The van der Waals surface area contributed by atoms with Crippen LogP contribution in [0.2, 0.25) is 0 Å². The highest BCUT2D eigenvalue weighted by atomic mass is 16.5. The van der Waals surface area contributed by atoms with E-state index >= 15 is 0 Å². The third kappa shape index (κ3) is 4.83. The highest BCUT2D eigenvalue weighted by Gasteiger charge is 2.56. The maximum atomic E-state index is 14.3. The number of alkyl carbamates (subject to hydrolysis) is 1. The fraction of sp³-hybridized carbons (Fsp3) is 0.382. The molecule has 2 unspecified atom stereocenters. The van der Waals surface area contributed by atoms with Crippen molar-refractivity contribution in [1.82, 2.24) is 15.1 Å². The van der Waals surface area contributed by atoms with Crippen molar-refractivity contribution in [2.45, 2.75) is 56.1 Å². The van der Waals surface area contributed by atoms with Gasteiger partial charge in [-0.05, 0) is 53.5 Å². The van der Waals surface area contributed by atoms with Crippen LogP contribution in [0.5, 0.6) is 0 Å². The lowest BCUT2D eigenvalue weighted by Crippen LogP contribution is -2.65. The maximum Gasteiger partial charge on any atom is 0.408 e. The smallest absolute Gasteiger partial charge is 0.408 e. The molecule has 8 nitrogen and oxygen atoms in total. The van der Waals surface area contributed by atoms with Gasteiger partial charge in [0, 0.05) is 32.1 Å². The summed E-state index contributed by atoms with van der Waals surface area (Å²) >= 11 is 0. The van der Waals surface area contributed by atoms with Gasteiger partial charge in [-0.25, -0.2) is 9.59 Å². The van der Waals surface area contributed by atoms with E-state index in [1.165, 1.54) is 4.90 Å². The van der Waals surface area contributed by atoms with Crippen molar-refractivity contribution >= 4 is 18.0 Å². The Labute approximate surface area is 246 Å². The van der Waals surface area contributed by atoms with E-state index in [1.807, 2.05) is 61.5 Å². The molecule has 42 heavy (non-hydrogen) atoms. The SMILES string of the molecule is CCC1(C(=O)O)CCCN1C(=O)C1(NC(=O)OCC2c3ccccc3-c3ccccc32)CCN(Cc2ccccc2)C1. The second-order valence-corrected chi connectivity index (χ2v) is 11.7. The molecule has 0 radical (unpaired) electrons. The Hall–Kier alpha value is -4.17. The molecular formula is C34H37N3O5. The second kappa shape index (κ2) is 11.2. The van der Waals surface area contributed by atoms with Crippen molar-refractivity contribution in [3.8, 4) is 11.1 Å².